The van der Waals surface area contributed by atoms with Crippen LogP contribution in [0.4, 0.5) is 0 Å². The fraction of sp³-hybridized carbons (Fsp3) is 0.462. The van der Waals surface area contributed by atoms with Gasteiger partial charge in [-0.1, -0.05) is 18.2 Å². The van der Waals surface area contributed by atoms with E-state index in [0.717, 1.165) is 0 Å². The maximum Gasteiger partial charge on any atom is 0.235 e. The first-order chi connectivity index (χ1) is 9.06. The van der Waals surface area contributed by atoms with Crippen LogP contribution in [-0.4, -0.2) is 39.8 Å². The van der Waals surface area contributed by atoms with Crippen LogP contribution in [0.25, 0.3) is 0 Å². The van der Waals surface area contributed by atoms with Gasteiger partial charge in [0.1, 0.15) is 5.75 Å². The third kappa shape index (κ3) is 5.85. The minimum absolute atomic E-state index is 0.166. The van der Waals surface area contributed by atoms with Gasteiger partial charge in [0.2, 0.25) is 5.91 Å². The number of benzene rings is 1. The Labute approximate surface area is 113 Å². The molecule has 0 aromatic heterocycles. The third-order valence-corrected chi connectivity index (χ3v) is 4.05. The van der Waals surface area contributed by atoms with Gasteiger partial charge in [0.15, 0.2) is 9.84 Å². The van der Waals surface area contributed by atoms with Gasteiger partial charge in [0.05, 0.1) is 4.90 Å². The number of hydrogen-bond acceptors (Lipinski definition) is 4. The number of carbonyl (C=O) groups is 1. The Hall–Kier alpha value is -1.40. The fourth-order valence-electron chi connectivity index (χ4n) is 1.48. The van der Waals surface area contributed by atoms with Gasteiger partial charge in [0, 0.05) is 19.8 Å². The highest BCUT2D eigenvalue weighted by atomic mass is 32.2. The van der Waals surface area contributed by atoms with Crippen molar-refractivity contribution < 1.29 is 17.9 Å². The second kappa shape index (κ2) is 7.91. The molecular formula is C13H19NO4S. The molecule has 0 bridgehead atoms. The first-order valence-corrected chi connectivity index (χ1v) is 7.83. The smallest absolute Gasteiger partial charge is 0.235 e. The highest BCUT2D eigenvalue weighted by molar-refractivity contribution is 7.92. The molecule has 1 rings (SSSR count). The summed E-state index contributed by atoms with van der Waals surface area (Å²) < 4.78 is 28.9. The van der Waals surface area contributed by atoms with Crippen LogP contribution in [0.3, 0.4) is 0 Å². The molecule has 1 aromatic rings. The minimum Gasteiger partial charge on any atom is -0.382 e. The minimum atomic E-state index is -3.55. The number of nitrogens with one attached hydrogen (secondary N) is 1. The molecule has 0 saturated heterocycles. The Balaban J connectivity index is 2.40. The zero-order chi connectivity index (χ0) is 14.1. The van der Waals surface area contributed by atoms with Gasteiger partial charge < -0.3 is 10.1 Å². The SMILES string of the molecule is CCOCCCNC(=O)CS(=O)(=O)c1ccccc1. The van der Waals surface area contributed by atoms with Gasteiger partial charge in [0.25, 0.3) is 0 Å². The number of ether oxygens (including phenoxy) is 1. The van der Waals surface area contributed by atoms with Gasteiger partial charge in [-0.25, -0.2) is 8.42 Å². The molecule has 0 heterocycles. The Bertz CT molecular complexity index is 485. The molecule has 1 aromatic carbocycles. The molecule has 5 nitrogen and oxygen atoms in total. The summed E-state index contributed by atoms with van der Waals surface area (Å²) in [5, 5.41) is 2.57. The second-order valence-corrected chi connectivity index (χ2v) is 5.96. The molecule has 0 spiro atoms. The van der Waals surface area contributed by atoms with Crippen molar-refractivity contribution in [3.63, 3.8) is 0 Å². The quantitative estimate of drug-likeness (QED) is 0.723. The van der Waals surface area contributed by atoms with Gasteiger partial charge in [-0.3, -0.25) is 4.79 Å². The van der Waals surface area contributed by atoms with Gasteiger partial charge in [-0.15, -0.1) is 0 Å². The van der Waals surface area contributed by atoms with Crippen molar-refractivity contribution in [2.75, 3.05) is 25.5 Å². The van der Waals surface area contributed by atoms with E-state index in [1.54, 1.807) is 18.2 Å². The van der Waals surface area contributed by atoms with Crippen molar-refractivity contribution in [1.29, 1.82) is 0 Å². The lowest BCUT2D eigenvalue weighted by Gasteiger charge is -2.06. The summed E-state index contributed by atoms with van der Waals surface area (Å²) in [7, 11) is -3.55. The molecule has 6 heteroatoms. The molecule has 0 radical (unpaired) electrons. The van der Waals surface area contributed by atoms with Crippen molar-refractivity contribution in [1.82, 2.24) is 5.32 Å². The van der Waals surface area contributed by atoms with E-state index in [1.165, 1.54) is 12.1 Å². The first-order valence-electron chi connectivity index (χ1n) is 6.18. The Morgan fingerprint density at radius 2 is 1.95 bits per heavy atom. The van der Waals surface area contributed by atoms with Gasteiger partial charge in [-0.2, -0.15) is 0 Å². The lowest BCUT2D eigenvalue weighted by molar-refractivity contribution is -0.118. The molecule has 0 atom stereocenters. The predicted octanol–water partition coefficient (Wildman–Crippen LogP) is 1.00. The normalized spacial score (nSPS) is 11.2. The summed E-state index contributed by atoms with van der Waals surface area (Å²) in [5.74, 6) is -1.01. The van der Waals surface area contributed by atoms with E-state index >= 15 is 0 Å². The van der Waals surface area contributed by atoms with Crippen LogP contribution < -0.4 is 5.32 Å². The van der Waals surface area contributed by atoms with E-state index in [4.69, 9.17) is 4.74 Å². The summed E-state index contributed by atoms with van der Waals surface area (Å²) in [6.07, 6.45) is 0.672. The average Bonchev–Trinajstić information content (AvgIpc) is 2.39. The lowest BCUT2D eigenvalue weighted by atomic mass is 10.4. The summed E-state index contributed by atoms with van der Waals surface area (Å²) >= 11 is 0. The molecule has 0 aliphatic heterocycles. The van der Waals surface area contributed by atoms with Crippen molar-refractivity contribution in [3.8, 4) is 0 Å². The molecule has 0 saturated carbocycles. The Morgan fingerprint density at radius 1 is 1.26 bits per heavy atom. The van der Waals surface area contributed by atoms with Crippen LogP contribution in [0.2, 0.25) is 0 Å². The highest BCUT2D eigenvalue weighted by Crippen LogP contribution is 2.09. The number of rotatable bonds is 8. The van der Waals surface area contributed by atoms with E-state index < -0.39 is 21.5 Å². The zero-order valence-corrected chi connectivity index (χ0v) is 11.8. The largest absolute Gasteiger partial charge is 0.382 e. The average molecular weight is 285 g/mol. The van der Waals surface area contributed by atoms with E-state index in [-0.39, 0.29) is 4.90 Å². The summed E-state index contributed by atoms with van der Waals surface area (Å²) in [6.45, 7) is 3.51. The van der Waals surface area contributed by atoms with E-state index in [1.807, 2.05) is 6.92 Å². The maximum atomic E-state index is 11.9. The number of amides is 1. The molecule has 106 valence electrons. The van der Waals surface area contributed by atoms with E-state index in [0.29, 0.717) is 26.2 Å². The first kappa shape index (κ1) is 15.7. The van der Waals surface area contributed by atoms with E-state index in [9.17, 15) is 13.2 Å². The summed E-state index contributed by atoms with van der Waals surface area (Å²) in [4.78, 5) is 11.7. The molecule has 1 N–H and O–H groups in total. The Kier molecular flexibility index (Phi) is 6.52. The van der Waals surface area contributed by atoms with Crippen LogP contribution in [0.15, 0.2) is 35.2 Å². The molecule has 0 fully saturated rings. The van der Waals surface area contributed by atoms with Crippen LogP contribution in [-0.2, 0) is 19.4 Å². The summed E-state index contributed by atoms with van der Waals surface area (Å²) in [5.41, 5.74) is 0. The molecule has 0 unspecified atom stereocenters. The fourth-order valence-corrected chi connectivity index (χ4v) is 2.67. The lowest BCUT2D eigenvalue weighted by Crippen LogP contribution is -2.31. The maximum absolute atomic E-state index is 11.9. The van der Waals surface area contributed by atoms with Crippen molar-refractivity contribution >= 4 is 15.7 Å². The van der Waals surface area contributed by atoms with Crippen LogP contribution >= 0.6 is 0 Å². The number of hydrogen-bond donors (Lipinski definition) is 1. The van der Waals surface area contributed by atoms with E-state index in [2.05, 4.69) is 5.32 Å². The Morgan fingerprint density at radius 3 is 2.58 bits per heavy atom. The topological polar surface area (TPSA) is 72.5 Å². The third-order valence-electron chi connectivity index (χ3n) is 2.42. The van der Waals surface area contributed by atoms with Crippen LogP contribution in [0.5, 0.6) is 0 Å². The monoisotopic (exact) mass is 285 g/mol. The second-order valence-electron chi connectivity index (χ2n) is 3.97. The standard InChI is InChI=1S/C13H19NO4S/c1-2-18-10-6-9-14-13(15)11-19(16,17)12-7-4-3-5-8-12/h3-5,7-8H,2,6,9-11H2,1H3,(H,14,15). The molecule has 0 aliphatic carbocycles. The zero-order valence-electron chi connectivity index (χ0n) is 11.0. The summed E-state index contributed by atoms with van der Waals surface area (Å²) in [6, 6.07) is 7.96. The highest BCUT2D eigenvalue weighted by Gasteiger charge is 2.18. The predicted molar refractivity (Wildman–Crippen MR) is 72.6 cm³/mol. The van der Waals surface area contributed by atoms with Crippen molar-refractivity contribution in [2.24, 2.45) is 0 Å². The molecule has 1 amide bonds. The van der Waals surface area contributed by atoms with Crippen molar-refractivity contribution in [3.05, 3.63) is 30.3 Å². The van der Waals surface area contributed by atoms with Gasteiger partial charge in [-0.05, 0) is 25.5 Å². The molecule has 0 aliphatic rings. The number of sulfone groups is 1. The number of carbonyl (C=O) groups excluding carboxylic acids is 1. The van der Waals surface area contributed by atoms with Crippen LogP contribution in [0.1, 0.15) is 13.3 Å². The molecular weight excluding hydrogens is 266 g/mol. The molecule has 19 heavy (non-hydrogen) atoms. The van der Waals surface area contributed by atoms with Crippen molar-refractivity contribution in [2.45, 2.75) is 18.2 Å². The van der Waals surface area contributed by atoms with Crippen LogP contribution in [0, 0.1) is 0 Å². The van der Waals surface area contributed by atoms with Gasteiger partial charge >= 0.3 is 0 Å².